The van der Waals surface area contributed by atoms with Crippen LogP contribution in [0.1, 0.15) is 5.56 Å². The molecule has 0 saturated carbocycles. The first-order valence-electron chi connectivity index (χ1n) is 3.76. The SMILES string of the molecule is N#Cc1ccc(-c2ccn[nH]2)nc1. The first kappa shape index (κ1) is 7.50. The summed E-state index contributed by atoms with van der Waals surface area (Å²) in [5.74, 6) is 0. The molecule has 2 rings (SSSR count). The highest BCUT2D eigenvalue weighted by Crippen LogP contribution is 2.12. The Bertz CT molecular complexity index is 422. The molecule has 0 unspecified atom stereocenters. The summed E-state index contributed by atoms with van der Waals surface area (Å²) in [5.41, 5.74) is 2.20. The van der Waals surface area contributed by atoms with Gasteiger partial charge >= 0.3 is 0 Å². The van der Waals surface area contributed by atoms with Crippen LogP contribution in [0.25, 0.3) is 11.4 Å². The molecule has 62 valence electrons. The molecule has 4 heteroatoms. The summed E-state index contributed by atoms with van der Waals surface area (Å²) < 4.78 is 0. The van der Waals surface area contributed by atoms with Crippen LogP contribution in [-0.2, 0) is 0 Å². The monoisotopic (exact) mass is 170 g/mol. The van der Waals surface area contributed by atoms with Gasteiger partial charge in [0.2, 0.25) is 0 Å². The molecule has 0 aliphatic carbocycles. The van der Waals surface area contributed by atoms with Crippen LogP contribution < -0.4 is 0 Å². The minimum Gasteiger partial charge on any atom is -0.276 e. The van der Waals surface area contributed by atoms with Crippen LogP contribution in [0.3, 0.4) is 0 Å². The van der Waals surface area contributed by atoms with Gasteiger partial charge in [-0.3, -0.25) is 10.1 Å². The van der Waals surface area contributed by atoms with Crippen molar-refractivity contribution in [1.82, 2.24) is 15.2 Å². The molecule has 13 heavy (non-hydrogen) atoms. The van der Waals surface area contributed by atoms with Gasteiger partial charge in [0.15, 0.2) is 0 Å². The molecule has 0 amide bonds. The molecule has 1 N–H and O–H groups in total. The van der Waals surface area contributed by atoms with E-state index in [-0.39, 0.29) is 0 Å². The summed E-state index contributed by atoms with van der Waals surface area (Å²) >= 11 is 0. The van der Waals surface area contributed by atoms with Crippen molar-refractivity contribution in [3.05, 3.63) is 36.2 Å². The molecular formula is C9H6N4. The Labute approximate surface area is 74.9 Å². The summed E-state index contributed by atoms with van der Waals surface area (Å²) in [6.45, 7) is 0. The van der Waals surface area contributed by atoms with Gasteiger partial charge in [0.1, 0.15) is 6.07 Å². The summed E-state index contributed by atoms with van der Waals surface area (Å²) in [6, 6.07) is 7.35. The summed E-state index contributed by atoms with van der Waals surface area (Å²) in [7, 11) is 0. The minimum absolute atomic E-state index is 0.559. The Kier molecular flexibility index (Phi) is 1.77. The van der Waals surface area contributed by atoms with Gasteiger partial charge in [0.25, 0.3) is 0 Å². The average molecular weight is 170 g/mol. The van der Waals surface area contributed by atoms with Crippen LogP contribution >= 0.6 is 0 Å². The van der Waals surface area contributed by atoms with Crippen LogP contribution in [-0.4, -0.2) is 15.2 Å². The molecule has 0 aliphatic rings. The minimum atomic E-state index is 0.559. The zero-order chi connectivity index (χ0) is 9.10. The molecule has 4 nitrogen and oxygen atoms in total. The predicted octanol–water partition coefficient (Wildman–Crippen LogP) is 1.34. The molecule has 2 aromatic rings. The normalized spacial score (nSPS) is 9.46. The Hall–Kier alpha value is -2.15. The topological polar surface area (TPSA) is 65.4 Å². The molecule has 0 radical (unpaired) electrons. The molecule has 2 aromatic heterocycles. The number of rotatable bonds is 1. The molecule has 0 aromatic carbocycles. The number of hydrogen-bond acceptors (Lipinski definition) is 3. The smallest absolute Gasteiger partial charge is 0.101 e. The van der Waals surface area contributed by atoms with E-state index in [0.717, 1.165) is 11.4 Å². The second-order valence-electron chi connectivity index (χ2n) is 2.51. The van der Waals surface area contributed by atoms with Crippen molar-refractivity contribution in [2.24, 2.45) is 0 Å². The number of hydrogen-bond donors (Lipinski definition) is 1. The van der Waals surface area contributed by atoms with E-state index in [4.69, 9.17) is 5.26 Å². The number of H-pyrrole nitrogens is 1. The van der Waals surface area contributed by atoms with Crippen LogP contribution in [0.4, 0.5) is 0 Å². The molecule has 0 fully saturated rings. The molecular weight excluding hydrogens is 164 g/mol. The van der Waals surface area contributed by atoms with Gasteiger partial charge in [0, 0.05) is 12.4 Å². The number of nitriles is 1. The third kappa shape index (κ3) is 1.40. The molecule has 0 aliphatic heterocycles. The fourth-order valence-electron chi connectivity index (χ4n) is 1.02. The predicted molar refractivity (Wildman–Crippen MR) is 46.5 cm³/mol. The van der Waals surface area contributed by atoms with E-state index in [0.29, 0.717) is 5.56 Å². The second-order valence-corrected chi connectivity index (χ2v) is 2.51. The number of aromatic amines is 1. The summed E-state index contributed by atoms with van der Waals surface area (Å²) in [6.07, 6.45) is 3.20. The highest BCUT2D eigenvalue weighted by molar-refractivity contribution is 5.53. The lowest BCUT2D eigenvalue weighted by atomic mass is 10.2. The van der Waals surface area contributed by atoms with Crippen molar-refractivity contribution in [3.8, 4) is 17.5 Å². The summed E-state index contributed by atoms with van der Waals surface area (Å²) in [5, 5.41) is 15.2. The Morgan fingerprint density at radius 2 is 2.23 bits per heavy atom. The highest BCUT2D eigenvalue weighted by atomic mass is 15.1. The molecule has 0 saturated heterocycles. The van der Waals surface area contributed by atoms with E-state index in [1.54, 1.807) is 18.3 Å². The first-order valence-corrected chi connectivity index (χ1v) is 3.76. The van der Waals surface area contributed by atoms with Gasteiger partial charge in [-0.05, 0) is 18.2 Å². The van der Waals surface area contributed by atoms with Crippen molar-refractivity contribution in [3.63, 3.8) is 0 Å². The van der Waals surface area contributed by atoms with Gasteiger partial charge < -0.3 is 0 Å². The van der Waals surface area contributed by atoms with Crippen LogP contribution in [0, 0.1) is 11.3 Å². The van der Waals surface area contributed by atoms with Gasteiger partial charge in [0.05, 0.1) is 17.0 Å². The van der Waals surface area contributed by atoms with E-state index in [9.17, 15) is 0 Å². The quantitative estimate of drug-likeness (QED) is 0.702. The standard InChI is InChI=1S/C9H6N4/c10-5-7-1-2-8(11-6-7)9-3-4-12-13-9/h1-4,6H,(H,12,13). The largest absolute Gasteiger partial charge is 0.276 e. The Morgan fingerprint density at radius 1 is 1.31 bits per heavy atom. The number of aromatic nitrogens is 3. The van der Waals surface area contributed by atoms with Gasteiger partial charge in [-0.25, -0.2) is 0 Å². The van der Waals surface area contributed by atoms with Crippen molar-refractivity contribution >= 4 is 0 Å². The maximum absolute atomic E-state index is 8.55. The van der Waals surface area contributed by atoms with E-state index >= 15 is 0 Å². The number of pyridine rings is 1. The van der Waals surface area contributed by atoms with E-state index in [1.165, 1.54) is 6.20 Å². The molecule has 0 spiro atoms. The zero-order valence-electron chi connectivity index (χ0n) is 6.73. The van der Waals surface area contributed by atoms with Crippen LogP contribution in [0.5, 0.6) is 0 Å². The number of nitrogens with one attached hydrogen (secondary N) is 1. The van der Waals surface area contributed by atoms with Gasteiger partial charge in [-0.15, -0.1) is 0 Å². The lowest BCUT2D eigenvalue weighted by Crippen LogP contribution is -1.84. The van der Waals surface area contributed by atoms with E-state index < -0.39 is 0 Å². The highest BCUT2D eigenvalue weighted by Gasteiger charge is 1.99. The maximum Gasteiger partial charge on any atom is 0.101 e. The average Bonchev–Trinajstić information content (AvgIpc) is 2.71. The van der Waals surface area contributed by atoms with Crippen LogP contribution in [0.15, 0.2) is 30.6 Å². The fraction of sp³-hybridized carbons (Fsp3) is 0. The lowest BCUT2D eigenvalue weighted by Gasteiger charge is -1.94. The van der Waals surface area contributed by atoms with Gasteiger partial charge in [-0.1, -0.05) is 0 Å². The molecule has 2 heterocycles. The van der Waals surface area contributed by atoms with E-state index in [2.05, 4.69) is 15.2 Å². The second kappa shape index (κ2) is 3.07. The first-order chi connectivity index (χ1) is 6.40. The maximum atomic E-state index is 8.55. The van der Waals surface area contributed by atoms with Crippen molar-refractivity contribution < 1.29 is 0 Å². The molecule has 0 atom stereocenters. The third-order valence-corrected chi connectivity index (χ3v) is 1.67. The number of nitrogens with zero attached hydrogens (tertiary/aromatic N) is 3. The Morgan fingerprint density at radius 3 is 2.77 bits per heavy atom. The van der Waals surface area contributed by atoms with Crippen molar-refractivity contribution in [2.75, 3.05) is 0 Å². The third-order valence-electron chi connectivity index (χ3n) is 1.67. The van der Waals surface area contributed by atoms with Crippen molar-refractivity contribution in [1.29, 1.82) is 5.26 Å². The molecule has 0 bridgehead atoms. The summed E-state index contributed by atoms with van der Waals surface area (Å²) in [4.78, 5) is 4.10. The van der Waals surface area contributed by atoms with E-state index in [1.807, 2.05) is 12.1 Å². The zero-order valence-corrected chi connectivity index (χ0v) is 6.73. The van der Waals surface area contributed by atoms with Crippen molar-refractivity contribution in [2.45, 2.75) is 0 Å². The van der Waals surface area contributed by atoms with Crippen LogP contribution in [0.2, 0.25) is 0 Å². The van der Waals surface area contributed by atoms with Gasteiger partial charge in [-0.2, -0.15) is 10.4 Å². The fourth-order valence-corrected chi connectivity index (χ4v) is 1.02. The Balaban J connectivity index is 2.40. The lowest BCUT2D eigenvalue weighted by molar-refractivity contribution is 1.09.